The van der Waals surface area contributed by atoms with Gasteiger partial charge in [0, 0.05) is 6.42 Å². The molecule has 0 unspecified atom stereocenters. The van der Waals surface area contributed by atoms with E-state index in [-0.39, 0.29) is 6.29 Å². The zero-order chi connectivity index (χ0) is 14.8. The molecule has 1 aliphatic carbocycles. The number of nitrogens with zero attached hydrogens (tertiary/aromatic N) is 2. The first-order chi connectivity index (χ1) is 10.9. The van der Waals surface area contributed by atoms with E-state index in [2.05, 4.69) is 39.7 Å². The highest BCUT2D eigenvalue weighted by molar-refractivity contribution is 5.71. The average molecular weight is 301 g/mol. The molecular weight excluding hydrogens is 276 g/mol. The first-order valence-electron chi connectivity index (χ1n) is 8.61. The Kier molecular flexibility index (Phi) is 4.13. The lowest BCUT2D eigenvalue weighted by Gasteiger charge is -2.23. The van der Waals surface area contributed by atoms with Crippen molar-refractivity contribution < 1.29 is 14.0 Å². The zero-order valence-electron chi connectivity index (χ0n) is 13.1. The second-order valence-corrected chi connectivity index (χ2v) is 6.56. The zero-order valence-corrected chi connectivity index (χ0v) is 13.1. The number of fused-ring (bicyclic) bond motifs is 1. The van der Waals surface area contributed by atoms with E-state index < -0.39 is 0 Å². The van der Waals surface area contributed by atoms with Crippen molar-refractivity contribution in [2.75, 3.05) is 13.2 Å². The van der Waals surface area contributed by atoms with Crippen LogP contribution in [0.1, 0.15) is 32.1 Å². The Morgan fingerprint density at radius 2 is 1.91 bits per heavy atom. The van der Waals surface area contributed by atoms with Gasteiger partial charge in [-0.1, -0.05) is 18.6 Å². The highest BCUT2D eigenvalue weighted by Gasteiger charge is 2.24. The molecule has 0 spiro atoms. The fourth-order valence-electron chi connectivity index (χ4n) is 3.47. The summed E-state index contributed by atoms with van der Waals surface area (Å²) in [5, 5.41) is 0. The van der Waals surface area contributed by atoms with Gasteiger partial charge in [0.05, 0.1) is 26.3 Å². The van der Waals surface area contributed by atoms with Crippen LogP contribution in [0.3, 0.4) is 0 Å². The van der Waals surface area contributed by atoms with Crippen molar-refractivity contribution in [3.8, 4) is 0 Å². The van der Waals surface area contributed by atoms with Gasteiger partial charge >= 0.3 is 0 Å². The van der Waals surface area contributed by atoms with Crippen LogP contribution in [-0.2, 0) is 22.6 Å². The lowest BCUT2D eigenvalue weighted by molar-refractivity contribution is -0.680. The van der Waals surface area contributed by atoms with Crippen molar-refractivity contribution in [1.82, 2.24) is 4.57 Å². The normalized spacial score (nSPS) is 20.4. The fourth-order valence-corrected chi connectivity index (χ4v) is 3.47. The van der Waals surface area contributed by atoms with Gasteiger partial charge in [-0.15, -0.1) is 0 Å². The van der Waals surface area contributed by atoms with Crippen LogP contribution >= 0.6 is 0 Å². The SMILES string of the molecule is c1ccc2c(c1)n(CCC1OCCCO1)c[n+]2CC1CCC1. The number of hydrogen-bond acceptors (Lipinski definition) is 2. The first-order valence-corrected chi connectivity index (χ1v) is 8.61. The van der Waals surface area contributed by atoms with Crippen LogP contribution in [-0.4, -0.2) is 24.1 Å². The van der Waals surface area contributed by atoms with Gasteiger partial charge in [0.1, 0.15) is 0 Å². The van der Waals surface area contributed by atoms with Gasteiger partial charge in [0.2, 0.25) is 6.33 Å². The summed E-state index contributed by atoms with van der Waals surface area (Å²) in [5.74, 6) is 0.870. The van der Waals surface area contributed by atoms with E-state index in [4.69, 9.17) is 9.47 Å². The molecule has 4 nitrogen and oxygen atoms in total. The maximum Gasteiger partial charge on any atom is 0.244 e. The predicted octanol–water partition coefficient (Wildman–Crippen LogP) is 2.88. The molecule has 2 heterocycles. The summed E-state index contributed by atoms with van der Waals surface area (Å²) in [6, 6.07) is 8.71. The monoisotopic (exact) mass is 301 g/mol. The van der Waals surface area contributed by atoms with E-state index in [1.807, 2.05) is 0 Å². The van der Waals surface area contributed by atoms with E-state index in [9.17, 15) is 0 Å². The number of para-hydroxylation sites is 2. The average Bonchev–Trinajstić information content (AvgIpc) is 2.88. The molecule has 4 heteroatoms. The highest BCUT2D eigenvalue weighted by atomic mass is 16.7. The third kappa shape index (κ3) is 2.90. The van der Waals surface area contributed by atoms with E-state index in [1.165, 1.54) is 30.3 Å². The number of hydrogen-bond donors (Lipinski definition) is 0. The van der Waals surface area contributed by atoms with Gasteiger partial charge < -0.3 is 9.47 Å². The topological polar surface area (TPSA) is 27.3 Å². The van der Waals surface area contributed by atoms with E-state index in [0.29, 0.717) is 0 Å². The van der Waals surface area contributed by atoms with E-state index in [0.717, 1.165) is 45.1 Å². The summed E-state index contributed by atoms with van der Waals surface area (Å²) < 4.78 is 16.1. The molecule has 0 bridgehead atoms. The summed E-state index contributed by atoms with van der Waals surface area (Å²) in [4.78, 5) is 0. The Bertz CT molecular complexity index is 627. The molecule has 2 fully saturated rings. The number of rotatable bonds is 5. The summed E-state index contributed by atoms with van der Waals surface area (Å²) in [6.07, 6.45) is 8.36. The van der Waals surface area contributed by atoms with Crippen LogP contribution in [0.4, 0.5) is 0 Å². The number of benzene rings is 1. The van der Waals surface area contributed by atoms with Gasteiger partial charge in [-0.3, -0.25) is 0 Å². The number of imidazole rings is 1. The molecule has 1 aromatic heterocycles. The number of aromatic nitrogens is 2. The molecule has 2 aromatic rings. The number of ether oxygens (including phenoxy) is 2. The van der Waals surface area contributed by atoms with E-state index in [1.54, 1.807) is 0 Å². The standard InChI is InChI=1S/C18H25N2O2/c1-2-8-17-16(7-1)19(10-9-18-21-11-4-12-22-18)14-20(17)13-15-5-3-6-15/h1-2,7-8,14-15,18H,3-6,9-13H2/q+1. The minimum Gasteiger partial charge on any atom is -0.352 e. The molecule has 1 aliphatic heterocycles. The van der Waals surface area contributed by atoms with Gasteiger partial charge in [0.25, 0.3) is 0 Å². The maximum atomic E-state index is 5.67. The van der Waals surface area contributed by atoms with Gasteiger partial charge in [-0.2, -0.15) is 0 Å². The molecular formula is C18H25N2O2+. The molecule has 1 saturated heterocycles. The molecule has 1 aromatic carbocycles. The van der Waals surface area contributed by atoms with Crippen molar-refractivity contribution >= 4 is 11.0 Å². The lowest BCUT2D eigenvalue weighted by atomic mass is 9.85. The largest absolute Gasteiger partial charge is 0.352 e. The third-order valence-electron chi connectivity index (χ3n) is 4.96. The summed E-state index contributed by atoms with van der Waals surface area (Å²) in [7, 11) is 0. The van der Waals surface area contributed by atoms with E-state index >= 15 is 0 Å². The first kappa shape index (κ1) is 14.2. The Labute approximate surface area is 131 Å². The summed E-state index contributed by atoms with van der Waals surface area (Å²) in [6.45, 7) is 3.77. The number of aryl methyl sites for hydroxylation is 1. The second-order valence-electron chi connectivity index (χ2n) is 6.56. The fraction of sp³-hybridized carbons (Fsp3) is 0.611. The Morgan fingerprint density at radius 3 is 2.68 bits per heavy atom. The van der Waals surface area contributed by atoms with Crippen molar-refractivity contribution in [3.05, 3.63) is 30.6 Å². The smallest absolute Gasteiger partial charge is 0.244 e. The molecule has 1 saturated carbocycles. The van der Waals surface area contributed by atoms with Gasteiger partial charge in [-0.05, 0) is 37.3 Å². The molecule has 0 atom stereocenters. The molecule has 22 heavy (non-hydrogen) atoms. The van der Waals surface area contributed by atoms with Crippen LogP contribution in [0.2, 0.25) is 0 Å². The Morgan fingerprint density at radius 1 is 1.09 bits per heavy atom. The van der Waals surface area contributed by atoms with Crippen LogP contribution in [0.5, 0.6) is 0 Å². The minimum absolute atomic E-state index is 0.0324. The molecule has 0 N–H and O–H groups in total. The van der Waals surface area contributed by atoms with Crippen LogP contribution in [0.25, 0.3) is 11.0 Å². The van der Waals surface area contributed by atoms with Crippen LogP contribution < -0.4 is 4.57 Å². The summed E-state index contributed by atoms with van der Waals surface area (Å²) in [5.41, 5.74) is 2.66. The lowest BCUT2D eigenvalue weighted by Crippen LogP contribution is -2.38. The van der Waals surface area contributed by atoms with Crippen LogP contribution in [0, 0.1) is 5.92 Å². The molecule has 2 aliphatic rings. The molecule has 0 amide bonds. The van der Waals surface area contributed by atoms with Gasteiger partial charge in [-0.25, -0.2) is 9.13 Å². The Balaban J connectivity index is 1.51. The van der Waals surface area contributed by atoms with Crippen LogP contribution in [0.15, 0.2) is 30.6 Å². The minimum atomic E-state index is -0.0324. The quantitative estimate of drug-likeness (QED) is 0.794. The molecule has 4 rings (SSSR count). The Hall–Kier alpha value is -1.39. The van der Waals surface area contributed by atoms with Crippen molar-refractivity contribution in [2.24, 2.45) is 5.92 Å². The summed E-state index contributed by atoms with van der Waals surface area (Å²) >= 11 is 0. The van der Waals surface area contributed by atoms with Crippen molar-refractivity contribution in [1.29, 1.82) is 0 Å². The highest BCUT2D eigenvalue weighted by Crippen LogP contribution is 2.27. The van der Waals surface area contributed by atoms with Gasteiger partial charge in [0.15, 0.2) is 17.3 Å². The molecule has 0 radical (unpaired) electrons. The maximum absolute atomic E-state index is 5.67. The predicted molar refractivity (Wildman–Crippen MR) is 84.4 cm³/mol. The van der Waals surface area contributed by atoms with Crippen molar-refractivity contribution in [2.45, 2.75) is 51.5 Å². The third-order valence-corrected chi connectivity index (χ3v) is 4.96. The second kappa shape index (κ2) is 6.39. The molecule has 118 valence electrons. The van der Waals surface area contributed by atoms with Crippen molar-refractivity contribution in [3.63, 3.8) is 0 Å².